The first-order valence-corrected chi connectivity index (χ1v) is 6.86. The number of pyridine rings is 1. The Bertz CT molecular complexity index is 773. The van der Waals surface area contributed by atoms with Gasteiger partial charge in [-0.15, -0.1) is 11.3 Å². The molecule has 0 aliphatic rings. The van der Waals surface area contributed by atoms with Gasteiger partial charge in [0.05, 0.1) is 5.69 Å². The summed E-state index contributed by atoms with van der Waals surface area (Å²) >= 11 is 1.31. The summed E-state index contributed by atoms with van der Waals surface area (Å²) in [5, 5.41) is 4.96. The van der Waals surface area contributed by atoms with Gasteiger partial charge in [-0.3, -0.25) is 15.1 Å². The number of carbonyl (C=O) groups is 1. The summed E-state index contributed by atoms with van der Waals surface area (Å²) in [5.41, 5.74) is 7.32. The third-order valence-electron chi connectivity index (χ3n) is 2.62. The van der Waals surface area contributed by atoms with Crippen molar-refractivity contribution in [1.29, 1.82) is 0 Å². The minimum absolute atomic E-state index is 0.0793. The highest BCUT2D eigenvalue weighted by molar-refractivity contribution is 7.14. The Morgan fingerprint density at radius 3 is 2.86 bits per heavy atom. The first-order valence-electron chi connectivity index (χ1n) is 5.98. The summed E-state index contributed by atoms with van der Waals surface area (Å²) < 4.78 is 0. The minimum atomic E-state index is -0.437. The number of nitrogen functional groups attached to an aromatic ring is 1. The smallest absolute Gasteiger partial charge is 0.279 e. The fraction of sp³-hybridized carbons (Fsp3) is 0. The lowest BCUT2D eigenvalue weighted by atomic mass is 10.2. The summed E-state index contributed by atoms with van der Waals surface area (Å²) in [6, 6.07) is 3.72. The van der Waals surface area contributed by atoms with Gasteiger partial charge in [-0.25, -0.2) is 15.0 Å². The second-order valence-corrected chi connectivity index (χ2v) is 4.88. The lowest BCUT2D eigenvalue weighted by Crippen LogP contribution is -2.16. The molecule has 3 aromatic heterocycles. The molecule has 0 aromatic carbocycles. The van der Waals surface area contributed by atoms with Crippen LogP contribution in [0.4, 0.5) is 10.9 Å². The van der Waals surface area contributed by atoms with Crippen LogP contribution in [0.5, 0.6) is 0 Å². The number of amides is 1. The Kier molecular flexibility index (Phi) is 3.52. The summed E-state index contributed by atoms with van der Waals surface area (Å²) in [4.78, 5) is 28.1. The minimum Gasteiger partial charge on any atom is -0.382 e. The van der Waals surface area contributed by atoms with E-state index in [4.69, 9.17) is 5.73 Å². The number of aromatic nitrogens is 4. The van der Waals surface area contributed by atoms with E-state index in [1.807, 2.05) is 17.5 Å². The van der Waals surface area contributed by atoms with Gasteiger partial charge in [0, 0.05) is 35.7 Å². The highest BCUT2D eigenvalue weighted by atomic mass is 32.1. The average molecular weight is 298 g/mol. The first-order chi connectivity index (χ1) is 10.2. The number of nitrogens with one attached hydrogen (secondary N) is 1. The Labute approximate surface area is 123 Å². The van der Waals surface area contributed by atoms with E-state index >= 15 is 0 Å². The van der Waals surface area contributed by atoms with Crippen molar-refractivity contribution < 1.29 is 4.79 Å². The molecular formula is C13H10N6OS. The molecule has 3 aromatic rings. The van der Waals surface area contributed by atoms with Gasteiger partial charge in [-0.1, -0.05) is 0 Å². The van der Waals surface area contributed by atoms with Gasteiger partial charge in [-0.05, 0) is 12.1 Å². The van der Waals surface area contributed by atoms with Crippen LogP contribution < -0.4 is 11.1 Å². The lowest BCUT2D eigenvalue weighted by Gasteiger charge is -2.02. The molecule has 21 heavy (non-hydrogen) atoms. The maximum Gasteiger partial charge on any atom is 0.279 e. The Morgan fingerprint density at radius 2 is 2.10 bits per heavy atom. The number of nitrogens with two attached hydrogens (primary N) is 1. The third kappa shape index (κ3) is 2.84. The fourth-order valence-corrected chi connectivity index (χ4v) is 2.37. The number of rotatable bonds is 3. The molecule has 0 unspecified atom stereocenters. The standard InChI is InChI=1S/C13H10N6OS/c14-11-10(16-4-5-17-11)12(20)19-13-18-9(7-21-13)8-2-1-3-15-6-8/h1-7H,(H2,14,17)(H,18,19,20). The maximum absolute atomic E-state index is 12.0. The lowest BCUT2D eigenvalue weighted by molar-refractivity contribution is 0.102. The zero-order valence-electron chi connectivity index (χ0n) is 10.7. The van der Waals surface area contributed by atoms with E-state index in [0.29, 0.717) is 5.13 Å². The van der Waals surface area contributed by atoms with Crippen LogP contribution in [0.2, 0.25) is 0 Å². The molecule has 0 aliphatic carbocycles. The number of carbonyl (C=O) groups excluding carboxylic acids is 1. The molecule has 7 nitrogen and oxygen atoms in total. The van der Waals surface area contributed by atoms with Gasteiger partial charge in [0.25, 0.3) is 5.91 Å². The molecule has 0 bridgehead atoms. The summed E-state index contributed by atoms with van der Waals surface area (Å²) in [5.74, 6) is -0.355. The predicted molar refractivity (Wildman–Crippen MR) is 79.7 cm³/mol. The van der Waals surface area contributed by atoms with Crippen molar-refractivity contribution in [3.8, 4) is 11.3 Å². The Hall–Kier alpha value is -2.87. The van der Waals surface area contributed by atoms with E-state index in [9.17, 15) is 4.79 Å². The molecule has 0 spiro atoms. The van der Waals surface area contributed by atoms with E-state index in [-0.39, 0.29) is 11.5 Å². The van der Waals surface area contributed by atoms with Gasteiger partial charge >= 0.3 is 0 Å². The van der Waals surface area contributed by atoms with Crippen LogP contribution in [0.3, 0.4) is 0 Å². The van der Waals surface area contributed by atoms with Crippen molar-refractivity contribution in [2.24, 2.45) is 0 Å². The van der Waals surface area contributed by atoms with Crippen molar-refractivity contribution >= 4 is 28.2 Å². The molecule has 0 fully saturated rings. The van der Waals surface area contributed by atoms with E-state index in [1.54, 1.807) is 12.4 Å². The zero-order chi connectivity index (χ0) is 14.7. The summed E-state index contributed by atoms with van der Waals surface area (Å²) in [6.07, 6.45) is 6.24. The van der Waals surface area contributed by atoms with Crippen molar-refractivity contribution in [3.63, 3.8) is 0 Å². The van der Waals surface area contributed by atoms with Crippen LogP contribution in [0.1, 0.15) is 10.5 Å². The highest BCUT2D eigenvalue weighted by Crippen LogP contribution is 2.24. The highest BCUT2D eigenvalue weighted by Gasteiger charge is 2.14. The van der Waals surface area contributed by atoms with Crippen LogP contribution in [0.25, 0.3) is 11.3 Å². The second kappa shape index (κ2) is 5.63. The number of anilines is 2. The third-order valence-corrected chi connectivity index (χ3v) is 3.38. The first kappa shape index (κ1) is 13.1. The van der Waals surface area contributed by atoms with E-state index in [2.05, 4.69) is 25.3 Å². The number of nitrogens with zero attached hydrogens (tertiary/aromatic N) is 4. The van der Waals surface area contributed by atoms with Crippen LogP contribution in [-0.2, 0) is 0 Å². The van der Waals surface area contributed by atoms with Crippen molar-refractivity contribution in [2.45, 2.75) is 0 Å². The summed E-state index contributed by atoms with van der Waals surface area (Å²) in [6.45, 7) is 0. The molecule has 3 heterocycles. The molecule has 0 aliphatic heterocycles. The molecule has 8 heteroatoms. The van der Waals surface area contributed by atoms with Crippen LogP contribution in [0.15, 0.2) is 42.3 Å². The number of thiazole rings is 1. The predicted octanol–water partition coefficient (Wildman–Crippen LogP) is 1.83. The normalized spacial score (nSPS) is 10.3. The topological polar surface area (TPSA) is 107 Å². The molecule has 1 amide bonds. The van der Waals surface area contributed by atoms with E-state index in [1.165, 1.54) is 23.7 Å². The molecule has 0 atom stereocenters. The fourth-order valence-electron chi connectivity index (χ4n) is 1.66. The van der Waals surface area contributed by atoms with Crippen molar-refractivity contribution in [2.75, 3.05) is 11.1 Å². The quantitative estimate of drug-likeness (QED) is 0.764. The Morgan fingerprint density at radius 1 is 1.24 bits per heavy atom. The average Bonchev–Trinajstić information content (AvgIpc) is 2.97. The van der Waals surface area contributed by atoms with Crippen LogP contribution >= 0.6 is 11.3 Å². The zero-order valence-corrected chi connectivity index (χ0v) is 11.5. The number of hydrogen-bond acceptors (Lipinski definition) is 7. The van der Waals surface area contributed by atoms with Gasteiger partial charge in [-0.2, -0.15) is 0 Å². The van der Waals surface area contributed by atoms with Crippen molar-refractivity contribution in [3.05, 3.63) is 48.0 Å². The molecule has 3 N–H and O–H groups in total. The second-order valence-electron chi connectivity index (χ2n) is 4.02. The molecule has 0 saturated carbocycles. The largest absolute Gasteiger partial charge is 0.382 e. The van der Waals surface area contributed by atoms with E-state index in [0.717, 1.165) is 11.3 Å². The van der Waals surface area contributed by atoms with Crippen LogP contribution in [0, 0.1) is 0 Å². The SMILES string of the molecule is Nc1nccnc1C(=O)Nc1nc(-c2cccnc2)cs1. The molecule has 0 radical (unpaired) electrons. The van der Waals surface area contributed by atoms with Gasteiger partial charge in [0.2, 0.25) is 0 Å². The molecule has 104 valence electrons. The van der Waals surface area contributed by atoms with Crippen molar-refractivity contribution in [1.82, 2.24) is 19.9 Å². The molecule has 3 rings (SSSR count). The van der Waals surface area contributed by atoms with Gasteiger partial charge < -0.3 is 5.73 Å². The van der Waals surface area contributed by atoms with Crippen LogP contribution in [-0.4, -0.2) is 25.8 Å². The molecular weight excluding hydrogens is 288 g/mol. The van der Waals surface area contributed by atoms with Gasteiger partial charge in [0.1, 0.15) is 0 Å². The maximum atomic E-state index is 12.0. The van der Waals surface area contributed by atoms with Gasteiger partial charge in [0.15, 0.2) is 16.6 Å². The molecule has 0 saturated heterocycles. The Balaban J connectivity index is 1.79. The number of hydrogen-bond donors (Lipinski definition) is 2. The summed E-state index contributed by atoms with van der Waals surface area (Å²) in [7, 11) is 0. The van der Waals surface area contributed by atoms with E-state index < -0.39 is 5.91 Å². The monoisotopic (exact) mass is 298 g/mol.